The van der Waals surface area contributed by atoms with Gasteiger partial charge in [0.15, 0.2) is 0 Å². The summed E-state index contributed by atoms with van der Waals surface area (Å²) in [6.45, 7) is 2.01. The summed E-state index contributed by atoms with van der Waals surface area (Å²) in [5, 5.41) is 9.09. The number of anilines is 1. The van der Waals surface area contributed by atoms with Gasteiger partial charge in [-0.1, -0.05) is 0 Å². The van der Waals surface area contributed by atoms with Crippen molar-refractivity contribution in [3.63, 3.8) is 0 Å². The fourth-order valence-corrected chi connectivity index (χ4v) is 2.70. The third kappa shape index (κ3) is 2.25. The molecule has 0 atom stereocenters. The van der Waals surface area contributed by atoms with E-state index in [0.29, 0.717) is 0 Å². The molecule has 0 saturated carbocycles. The van der Waals surface area contributed by atoms with Gasteiger partial charge in [0.1, 0.15) is 11.8 Å². The zero-order valence-corrected chi connectivity index (χ0v) is 10.1. The third-order valence-corrected chi connectivity index (χ3v) is 3.62. The number of thioether (sulfide) groups is 1. The predicted molar refractivity (Wildman–Crippen MR) is 67.2 cm³/mol. The van der Waals surface area contributed by atoms with E-state index in [1.807, 2.05) is 30.0 Å². The molecule has 4 heteroatoms. The van der Waals surface area contributed by atoms with Gasteiger partial charge in [0.05, 0.1) is 18.4 Å². The number of ether oxygens (including phenoxy) is 1. The first-order valence-electron chi connectivity index (χ1n) is 5.26. The summed E-state index contributed by atoms with van der Waals surface area (Å²) in [6, 6.07) is 7.86. The van der Waals surface area contributed by atoms with E-state index in [2.05, 4.69) is 11.0 Å². The molecule has 1 aromatic carbocycles. The topological polar surface area (TPSA) is 36.3 Å². The van der Waals surface area contributed by atoms with Crippen LogP contribution in [0.2, 0.25) is 0 Å². The monoisotopic (exact) mass is 234 g/mol. The molecule has 84 valence electrons. The Balaban J connectivity index is 2.32. The molecular formula is C12H14N2OS. The lowest BCUT2D eigenvalue weighted by Crippen LogP contribution is -2.32. The molecule has 0 aliphatic carbocycles. The molecule has 0 bridgehead atoms. The van der Waals surface area contributed by atoms with Crippen molar-refractivity contribution in [3.05, 3.63) is 23.8 Å². The number of hydrogen-bond acceptors (Lipinski definition) is 4. The van der Waals surface area contributed by atoms with Gasteiger partial charge in [-0.05, 0) is 12.1 Å². The fraction of sp³-hybridized carbons (Fsp3) is 0.417. The van der Waals surface area contributed by atoms with Crippen LogP contribution >= 0.6 is 11.8 Å². The first-order valence-corrected chi connectivity index (χ1v) is 6.41. The van der Waals surface area contributed by atoms with Gasteiger partial charge in [0.25, 0.3) is 0 Å². The van der Waals surface area contributed by atoms with Gasteiger partial charge >= 0.3 is 0 Å². The minimum absolute atomic E-state index is 0.729. The van der Waals surface area contributed by atoms with Crippen molar-refractivity contribution in [3.8, 4) is 11.8 Å². The summed E-state index contributed by atoms with van der Waals surface area (Å²) in [5.41, 5.74) is 1.73. The second-order valence-electron chi connectivity index (χ2n) is 3.59. The summed E-state index contributed by atoms with van der Waals surface area (Å²) in [6.07, 6.45) is 0. The van der Waals surface area contributed by atoms with Crippen LogP contribution in [0.25, 0.3) is 0 Å². The zero-order valence-electron chi connectivity index (χ0n) is 9.27. The van der Waals surface area contributed by atoms with Gasteiger partial charge in [-0.25, -0.2) is 0 Å². The number of methoxy groups -OCH3 is 1. The van der Waals surface area contributed by atoms with E-state index in [1.165, 1.54) is 0 Å². The first kappa shape index (κ1) is 11.2. The number of rotatable bonds is 2. The Morgan fingerprint density at radius 1 is 1.38 bits per heavy atom. The van der Waals surface area contributed by atoms with Crippen molar-refractivity contribution in [2.75, 3.05) is 36.6 Å². The fourth-order valence-electron chi connectivity index (χ4n) is 1.80. The van der Waals surface area contributed by atoms with Crippen LogP contribution in [0, 0.1) is 11.3 Å². The average Bonchev–Trinajstić information content (AvgIpc) is 2.39. The maximum absolute atomic E-state index is 9.09. The molecule has 1 aromatic rings. The van der Waals surface area contributed by atoms with E-state index in [4.69, 9.17) is 10.00 Å². The van der Waals surface area contributed by atoms with Crippen LogP contribution in [-0.2, 0) is 0 Å². The van der Waals surface area contributed by atoms with Crippen molar-refractivity contribution in [2.45, 2.75) is 0 Å². The van der Waals surface area contributed by atoms with Crippen LogP contribution in [0.3, 0.4) is 0 Å². The van der Waals surface area contributed by atoms with Crippen molar-refractivity contribution in [2.24, 2.45) is 0 Å². The minimum Gasteiger partial charge on any atom is -0.497 e. The summed E-state index contributed by atoms with van der Waals surface area (Å²) >= 11 is 1.96. The number of benzene rings is 1. The van der Waals surface area contributed by atoms with E-state index in [-0.39, 0.29) is 0 Å². The van der Waals surface area contributed by atoms with Gasteiger partial charge in [-0.3, -0.25) is 0 Å². The molecule has 0 amide bonds. The van der Waals surface area contributed by atoms with Crippen LogP contribution in [0.5, 0.6) is 5.75 Å². The van der Waals surface area contributed by atoms with Gasteiger partial charge in [0, 0.05) is 30.7 Å². The summed E-state index contributed by atoms with van der Waals surface area (Å²) in [7, 11) is 1.65. The number of nitrogens with zero attached hydrogens (tertiary/aromatic N) is 2. The van der Waals surface area contributed by atoms with E-state index < -0.39 is 0 Å². The number of hydrogen-bond donors (Lipinski definition) is 0. The Kier molecular flexibility index (Phi) is 3.58. The van der Waals surface area contributed by atoms with Crippen LogP contribution in [0.1, 0.15) is 5.56 Å². The van der Waals surface area contributed by atoms with E-state index >= 15 is 0 Å². The molecule has 3 nitrogen and oxygen atoms in total. The number of nitriles is 1. The van der Waals surface area contributed by atoms with Gasteiger partial charge in [0.2, 0.25) is 0 Å². The highest BCUT2D eigenvalue weighted by atomic mass is 32.2. The first-order chi connectivity index (χ1) is 7.85. The average molecular weight is 234 g/mol. The Morgan fingerprint density at radius 2 is 2.12 bits per heavy atom. The quantitative estimate of drug-likeness (QED) is 0.785. The second kappa shape index (κ2) is 5.13. The molecule has 1 aliphatic heterocycles. The van der Waals surface area contributed by atoms with Crippen LogP contribution in [0.4, 0.5) is 5.69 Å². The zero-order chi connectivity index (χ0) is 11.4. The molecule has 1 heterocycles. The predicted octanol–water partition coefficient (Wildman–Crippen LogP) is 2.12. The van der Waals surface area contributed by atoms with Crippen molar-refractivity contribution >= 4 is 17.4 Å². The Labute approximate surface area is 100 Å². The highest BCUT2D eigenvalue weighted by Crippen LogP contribution is 2.27. The molecule has 0 aromatic heterocycles. The molecule has 0 unspecified atom stereocenters. The van der Waals surface area contributed by atoms with E-state index in [0.717, 1.165) is 41.6 Å². The molecular weight excluding hydrogens is 220 g/mol. The maximum atomic E-state index is 9.09. The molecule has 16 heavy (non-hydrogen) atoms. The maximum Gasteiger partial charge on any atom is 0.121 e. The third-order valence-electron chi connectivity index (χ3n) is 2.68. The Bertz CT molecular complexity index is 408. The lowest BCUT2D eigenvalue weighted by molar-refractivity contribution is 0.414. The largest absolute Gasteiger partial charge is 0.497 e. The molecule has 1 saturated heterocycles. The SMILES string of the molecule is COc1ccc(C#N)c(N2CCSCC2)c1. The van der Waals surface area contributed by atoms with Gasteiger partial charge in [-0.15, -0.1) is 0 Å². The van der Waals surface area contributed by atoms with Gasteiger partial charge < -0.3 is 9.64 Å². The normalized spacial score (nSPS) is 15.6. The van der Waals surface area contributed by atoms with E-state index in [1.54, 1.807) is 7.11 Å². The van der Waals surface area contributed by atoms with Gasteiger partial charge in [-0.2, -0.15) is 17.0 Å². The van der Waals surface area contributed by atoms with Crippen molar-refractivity contribution in [1.29, 1.82) is 5.26 Å². The Hall–Kier alpha value is -1.34. The smallest absolute Gasteiger partial charge is 0.121 e. The summed E-state index contributed by atoms with van der Waals surface area (Å²) in [5.74, 6) is 3.07. The molecule has 0 spiro atoms. The minimum atomic E-state index is 0.729. The summed E-state index contributed by atoms with van der Waals surface area (Å²) < 4.78 is 5.20. The second-order valence-corrected chi connectivity index (χ2v) is 4.82. The van der Waals surface area contributed by atoms with Crippen LogP contribution < -0.4 is 9.64 Å². The molecule has 0 N–H and O–H groups in total. The highest BCUT2D eigenvalue weighted by Gasteiger charge is 2.15. The molecule has 0 radical (unpaired) electrons. The van der Waals surface area contributed by atoms with Crippen LogP contribution in [0.15, 0.2) is 18.2 Å². The summed E-state index contributed by atoms with van der Waals surface area (Å²) in [4.78, 5) is 2.26. The van der Waals surface area contributed by atoms with Crippen LogP contribution in [-0.4, -0.2) is 31.7 Å². The van der Waals surface area contributed by atoms with E-state index in [9.17, 15) is 0 Å². The molecule has 1 fully saturated rings. The standard InChI is InChI=1S/C12H14N2OS/c1-15-11-3-2-10(9-13)12(8-11)14-4-6-16-7-5-14/h2-3,8H,4-7H2,1H3. The molecule has 2 rings (SSSR count). The van der Waals surface area contributed by atoms with Crippen molar-refractivity contribution < 1.29 is 4.74 Å². The Morgan fingerprint density at radius 3 is 2.75 bits per heavy atom. The lowest BCUT2D eigenvalue weighted by Gasteiger charge is -2.29. The lowest BCUT2D eigenvalue weighted by atomic mass is 10.1. The molecule has 1 aliphatic rings. The van der Waals surface area contributed by atoms with Crippen molar-refractivity contribution in [1.82, 2.24) is 0 Å². The highest BCUT2D eigenvalue weighted by molar-refractivity contribution is 7.99.